The molecule has 158 valence electrons. The average Bonchev–Trinajstić information content (AvgIpc) is 2.74. The quantitative estimate of drug-likeness (QED) is 0.659. The topological polar surface area (TPSA) is 146 Å². The molecule has 0 aliphatic carbocycles. The van der Waals surface area contributed by atoms with Crippen LogP contribution in [0, 0.1) is 11.8 Å². The number of hydrogen-bond donors (Lipinski definition) is 2. The Balaban J connectivity index is 1.95. The van der Waals surface area contributed by atoms with Gasteiger partial charge in [0.15, 0.2) is 0 Å². The zero-order valence-electron chi connectivity index (χ0n) is 16.5. The zero-order chi connectivity index (χ0) is 22.4. The van der Waals surface area contributed by atoms with Crippen LogP contribution in [-0.4, -0.2) is 64.6 Å². The second-order valence-corrected chi connectivity index (χ2v) is 7.28. The minimum Gasteiger partial charge on any atom is -0.277 e. The lowest BCUT2D eigenvalue weighted by molar-refractivity contribution is -0.147. The Hall–Kier alpha value is -4.15. The molecule has 2 aliphatic rings. The molecule has 31 heavy (non-hydrogen) atoms. The summed E-state index contributed by atoms with van der Waals surface area (Å²) in [5.41, 5.74) is 0.865. The molecule has 1 aromatic carbocycles. The van der Waals surface area contributed by atoms with Gasteiger partial charge >= 0.3 is 12.1 Å². The fraction of sp³-hybridized carbons (Fsp3) is 0.250. The molecule has 0 bridgehead atoms. The van der Waals surface area contributed by atoms with Gasteiger partial charge < -0.3 is 0 Å². The summed E-state index contributed by atoms with van der Waals surface area (Å²) in [6.07, 6.45) is 1.44. The molecule has 1 aromatic heterocycles. The zero-order valence-corrected chi connectivity index (χ0v) is 16.5. The summed E-state index contributed by atoms with van der Waals surface area (Å²) in [7, 11) is 2.38. The van der Waals surface area contributed by atoms with Crippen LogP contribution in [0.4, 0.5) is 9.59 Å². The van der Waals surface area contributed by atoms with Crippen molar-refractivity contribution in [3.63, 3.8) is 0 Å². The molecule has 2 saturated heterocycles. The first kappa shape index (κ1) is 20.1. The monoisotopic (exact) mass is 423 g/mol. The highest BCUT2D eigenvalue weighted by atomic mass is 16.2. The Morgan fingerprint density at radius 2 is 1.32 bits per heavy atom. The Morgan fingerprint density at radius 1 is 0.806 bits per heavy atom. The summed E-state index contributed by atoms with van der Waals surface area (Å²) in [6.45, 7) is 0. The largest absolute Gasteiger partial charge is 0.330 e. The highest BCUT2D eigenvalue weighted by molar-refractivity contribution is 6.20. The fourth-order valence-corrected chi connectivity index (χ4v) is 3.97. The number of amides is 8. The predicted molar refractivity (Wildman–Crippen MR) is 104 cm³/mol. The highest BCUT2D eigenvalue weighted by Gasteiger charge is 2.53. The van der Waals surface area contributed by atoms with E-state index in [2.05, 4.69) is 15.6 Å². The second-order valence-electron chi connectivity index (χ2n) is 7.28. The molecule has 2 aliphatic heterocycles. The summed E-state index contributed by atoms with van der Waals surface area (Å²) < 4.78 is 0. The van der Waals surface area contributed by atoms with Crippen LogP contribution in [0.2, 0.25) is 0 Å². The van der Waals surface area contributed by atoms with Gasteiger partial charge in [-0.25, -0.2) is 9.59 Å². The third kappa shape index (κ3) is 3.10. The van der Waals surface area contributed by atoms with Crippen molar-refractivity contribution in [2.45, 2.75) is 5.92 Å². The number of para-hydroxylation sites is 1. The SMILES string of the molecule is CN1C(=O)NC(=O)C(C(c2ccnc3ccccc23)C2C(=O)NC(=O)N(C)C2=O)C1=O. The number of barbiturate groups is 2. The van der Waals surface area contributed by atoms with Crippen LogP contribution in [0.15, 0.2) is 36.5 Å². The first-order valence-electron chi connectivity index (χ1n) is 9.30. The maximum Gasteiger partial charge on any atom is 0.330 e. The number of urea groups is 2. The van der Waals surface area contributed by atoms with E-state index in [-0.39, 0.29) is 0 Å². The number of benzene rings is 1. The Labute approximate surface area is 175 Å². The molecule has 0 spiro atoms. The molecular weight excluding hydrogens is 406 g/mol. The van der Waals surface area contributed by atoms with Crippen molar-refractivity contribution in [3.05, 3.63) is 42.1 Å². The lowest BCUT2D eigenvalue weighted by Gasteiger charge is -2.38. The van der Waals surface area contributed by atoms with E-state index >= 15 is 0 Å². The fourth-order valence-electron chi connectivity index (χ4n) is 3.97. The van der Waals surface area contributed by atoms with Crippen LogP contribution in [0.1, 0.15) is 11.5 Å². The van der Waals surface area contributed by atoms with Gasteiger partial charge in [-0.3, -0.25) is 44.6 Å². The van der Waals surface area contributed by atoms with E-state index in [1.807, 2.05) is 0 Å². The number of rotatable bonds is 3. The molecule has 3 heterocycles. The maximum absolute atomic E-state index is 13.0. The number of hydrogen-bond acceptors (Lipinski definition) is 7. The van der Waals surface area contributed by atoms with Crippen molar-refractivity contribution in [2.75, 3.05) is 14.1 Å². The number of fused-ring (bicyclic) bond motifs is 1. The van der Waals surface area contributed by atoms with Crippen molar-refractivity contribution >= 4 is 46.6 Å². The van der Waals surface area contributed by atoms with Gasteiger partial charge in [-0.15, -0.1) is 0 Å². The third-order valence-electron chi connectivity index (χ3n) is 5.59. The molecule has 11 heteroatoms. The van der Waals surface area contributed by atoms with E-state index < -0.39 is 53.4 Å². The van der Waals surface area contributed by atoms with E-state index in [1.54, 1.807) is 24.3 Å². The Morgan fingerprint density at radius 3 is 1.87 bits per heavy atom. The molecule has 2 fully saturated rings. The summed E-state index contributed by atoms with van der Waals surface area (Å²) in [5.74, 6) is -8.00. The Kier molecular flexibility index (Phi) is 4.72. The molecular formula is C20H17N5O6. The van der Waals surface area contributed by atoms with Gasteiger partial charge in [0.1, 0.15) is 11.8 Å². The smallest absolute Gasteiger partial charge is 0.277 e. The maximum atomic E-state index is 13.0. The van der Waals surface area contributed by atoms with Crippen molar-refractivity contribution in [1.29, 1.82) is 0 Å². The van der Waals surface area contributed by atoms with E-state index in [9.17, 15) is 28.8 Å². The summed E-state index contributed by atoms with van der Waals surface area (Å²) >= 11 is 0. The Bertz CT molecular complexity index is 1120. The van der Waals surface area contributed by atoms with E-state index in [4.69, 9.17) is 0 Å². The number of nitrogens with zero attached hydrogens (tertiary/aromatic N) is 3. The van der Waals surface area contributed by atoms with Crippen molar-refractivity contribution in [3.8, 4) is 0 Å². The van der Waals surface area contributed by atoms with Crippen molar-refractivity contribution < 1.29 is 28.8 Å². The summed E-state index contributed by atoms with van der Waals surface area (Å²) in [6, 6.07) is 6.54. The molecule has 8 amide bonds. The van der Waals surface area contributed by atoms with Crippen LogP contribution < -0.4 is 10.6 Å². The van der Waals surface area contributed by atoms with Crippen LogP contribution >= 0.6 is 0 Å². The van der Waals surface area contributed by atoms with Gasteiger partial charge in [-0.1, -0.05) is 18.2 Å². The summed E-state index contributed by atoms with van der Waals surface area (Å²) in [4.78, 5) is 81.1. The van der Waals surface area contributed by atoms with Gasteiger partial charge in [0.25, 0.3) is 0 Å². The predicted octanol–water partition coefficient (Wildman–Crippen LogP) is -0.0328. The van der Waals surface area contributed by atoms with E-state index in [0.717, 1.165) is 9.80 Å². The van der Waals surface area contributed by atoms with Crippen LogP contribution in [-0.2, 0) is 19.2 Å². The molecule has 11 nitrogen and oxygen atoms in total. The number of carbonyl (C=O) groups is 6. The lowest BCUT2D eigenvalue weighted by atomic mass is 9.72. The van der Waals surface area contributed by atoms with Gasteiger partial charge in [0.05, 0.1) is 5.52 Å². The van der Waals surface area contributed by atoms with Crippen molar-refractivity contribution in [2.24, 2.45) is 11.8 Å². The van der Waals surface area contributed by atoms with E-state index in [0.29, 0.717) is 16.5 Å². The van der Waals surface area contributed by atoms with Crippen molar-refractivity contribution in [1.82, 2.24) is 25.4 Å². The normalized spacial score (nSPS) is 23.2. The third-order valence-corrected chi connectivity index (χ3v) is 5.59. The molecule has 2 unspecified atom stereocenters. The first-order chi connectivity index (χ1) is 14.7. The number of aromatic nitrogens is 1. The molecule has 2 N–H and O–H groups in total. The average molecular weight is 423 g/mol. The number of pyridine rings is 1. The minimum atomic E-state index is -1.56. The standard InChI is InChI=1S/C20H17N5O6/c1-24-17(28)13(15(26)22-19(24)30)12(14-16(27)23-20(31)25(2)18(14)29)10-7-8-21-11-6-4-3-5-9(10)11/h3-8,12-14H,1-2H3,(H,22,26,30)(H,23,27,31). The number of imide groups is 4. The summed E-state index contributed by atoms with van der Waals surface area (Å²) in [5, 5.41) is 4.69. The van der Waals surface area contributed by atoms with Crippen LogP contribution in [0.25, 0.3) is 10.9 Å². The molecule has 2 atom stereocenters. The lowest BCUT2D eigenvalue weighted by Crippen LogP contribution is -2.63. The van der Waals surface area contributed by atoms with Gasteiger partial charge in [-0.2, -0.15) is 0 Å². The van der Waals surface area contributed by atoms with Gasteiger partial charge in [0.2, 0.25) is 23.6 Å². The van der Waals surface area contributed by atoms with E-state index in [1.165, 1.54) is 26.4 Å². The molecule has 0 radical (unpaired) electrons. The van der Waals surface area contributed by atoms with Gasteiger partial charge in [-0.05, 0) is 17.7 Å². The number of carbonyl (C=O) groups excluding carboxylic acids is 6. The van der Waals surface area contributed by atoms with Crippen LogP contribution in [0.3, 0.4) is 0 Å². The first-order valence-corrected chi connectivity index (χ1v) is 9.30. The van der Waals surface area contributed by atoms with Gasteiger partial charge in [0, 0.05) is 31.6 Å². The van der Waals surface area contributed by atoms with Crippen LogP contribution in [0.5, 0.6) is 0 Å². The highest BCUT2D eigenvalue weighted by Crippen LogP contribution is 2.40. The minimum absolute atomic E-state index is 0.345. The molecule has 0 saturated carbocycles. The molecule has 2 aromatic rings. The second kappa shape index (κ2) is 7.27. The number of nitrogens with one attached hydrogen (secondary N) is 2. The molecule has 4 rings (SSSR count).